The molecule has 0 aliphatic rings. The van der Waals surface area contributed by atoms with Crippen LogP contribution in [0.25, 0.3) is 0 Å². The van der Waals surface area contributed by atoms with Crippen molar-refractivity contribution in [3.63, 3.8) is 0 Å². The van der Waals surface area contributed by atoms with Crippen LogP contribution in [0.2, 0.25) is 0 Å². The van der Waals surface area contributed by atoms with Crippen molar-refractivity contribution in [2.24, 2.45) is 0 Å². The number of hydrogen-bond acceptors (Lipinski definition) is 3. The molecule has 3 heteroatoms. The van der Waals surface area contributed by atoms with Crippen LogP contribution in [-0.4, -0.2) is 20.3 Å². The molecular weight excluding hydrogens is 250 g/mol. The Bertz CT molecular complexity index is 437. The van der Waals surface area contributed by atoms with Gasteiger partial charge >= 0.3 is 0 Å². The molecule has 0 fully saturated rings. The van der Waals surface area contributed by atoms with Crippen LogP contribution in [0.15, 0.2) is 29.8 Å². The van der Waals surface area contributed by atoms with Gasteiger partial charge in [-0.2, -0.15) is 0 Å². The number of methoxy groups -OCH3 is 1. The molecule has 0 saturated carbocycles. The highest BCUT2D eigenvalue weighted by Crippen LogP contribution is 2.30. The van der Waals surface area contributed by atoms with Crippen LogP contribution in [-0.2, 0) is 0 Å². The van der Waals surface area contributed by atoms with Crippen molar-refractivity contribution in [3.8, 4) is 11.5 Å². The van der Waals surface area contributed by atoms with Gasteiger partial charge in [-0.1, -0.05) is 18.6 Å². The van der Waals surface area contributed by atoms with Gasteiger partial charge < -0.3 is 14.8 Å². The van der Waals surface area contributed by atoms with E-state index in [1.165, 1.54) is 11.1 Å². The summed E-state index contributed by atoms with van der Waals surface area (Å²) in [6, 6.07) is 6.44. The second kappa shape index (κ2) is 8.64. The van der Waals surface area contributed by atoms with Crippen LogP contribution in [0.3, 0.4) is 0 Å². The van der Waals surface area contributed by atoms with Gasteiger partial charge in [0.1, 0.15) is 6.61 Å². The molecule has 1 N–H and O–H groups in total. The number of hydrogen-bond donors (Lipinski definition) is 1. The normalized spacial score (nSPS) is 11.8. The van der Waals surface area contributed by atoms with Crippen LogP contribution < -0.4 is 14.8 Å². The van der Waals surface area contributed by atoms with Crippen molar-refractivity contribution in [2.75, 3.05) is 20.3 Å². The predicted octanol–water partition coefficient (Wildman–Crippen LogP) is 4.10. The van der Waals surface area contributed by atoms with Crippen LogP contribution in [0, 0.1) is 0 Å². The predicted molar refractivity (Wildman–Crippen MR) is 84.6 cm³/mol. The second-order valence-electron chi connectivity index (χ2n) is 5.18. The van der Waals surface area contributed by atoms with Gasteiger partial charge in [0.15, 0.2) is 11.5 Å². The summed E-state index contributed by atoms with van der Waals surface area (Å²) in [5.41, 5.74) is 2.46. The largest absolute Gasteiger partial charge is 0.493 e. The first-order chi connectivity index (χ1) is 9.58. The summed E-state index contributed by atoms with van der Waals surface area (Å²) in [6.45, 7) is 10.0. The van der Waals surface area contributed by atoms with Crippen LogP contribution in [0.5, 0.6) is 11.5 Å². The monoisotopic (exact) mass is 277 g/mol. The van der Waals surface area contributed by atoms with Gasteiger partial charge in [0, 0.05) is 6.04 Å². The fraction of sp³-hybridized carbons (Fsp3) is 0.529. The van der Waals surface area contributed by atoms with Gasteiger partial charge in [0.25, 0.3) is 0 Å². The molecular formula is C17H27NO2. The first-order valence-electron chi connectivity index (χ1n) is 7.26. The van der Waals surface area contributed by atoms with Crippen LogP contribution >= 0.6 is 0 Å². The van der Waals surface area contributed by atoms with Crippen molar-refractivity contribution in [1.29, 1.82) is 0 Å². The van der Waals surface area contributed by atoms with E-state index in [2.05, 4.69) is 45.2 Å². The van der Waals surface area contributed by atoms with Gasteiger partial charge in [-0.3, -0.25) is 0 Å². The smallest absolute Gasteiger partial charge is 0.161 e. The van der Waals surface area contributed by atoms with E-state index in [0.29, 0.717) is 12.6 Å². The minimum atomic E-state index is 0.315. The molecule has 0 aliphatic carbocycles. The maximum atomic E-state index is 5.73. The van der Waals surface area contributed by atoms with Gasteiger partial charge in [-0.15, -0.1) is 0 Å². The zero-order valence-corrected chi connectivity index (χ0v) is 13.3. The number of nitrogens with one attached hydrogen (secondary N) is 1. The summed E-state index contributed by atoms with van der Waals surface area (Å²) in [7, 11) is 1.68. The lowest BCUT2D eigenvalue weighted by atomic mass is 10.1. The Morgan fingerprint density at radius 2 is 2.05 bits per heavy atom. The number of ether oxygens (including phenoxy) is 2. The van der Waals surface area contributed by atoms with E-state index in [0.717, 1.165) is 24.5 Å². The van der Waals surface area contributed by atoms with E-state index >= 15 is 0 Å². The Labute approximate surface area is 123 Å². The Morgan fingerprint density at radius 1 is 1.30 bits per heavy atom. The molecule has 1 atom stereocenters. The third-order valence-electron chi connectivity index (χ3n) is 3.12. The highest BCUT2D eigenvalue weighted by atomic mass is 16.5. The van der Waals surface area contributed by atoms with E-state index in [-0.39, 0.29) is 0 Å². The van der Waals surface area contributed by atoms with Gasteiger partial charge in [-0.05, 0) is 57.5 Å². The van der Waals surface area contributed by atoms with Gasteiger partial charge in [0.05, 0.1) is 7.11 Å². The Hall–Kier alpha value is -1.48. The lowest BCUT2D eigenvalue weighted by Gasteiger charge is -2.16. The molecule has 0 saturated heterocycles. The summed E-state index contributed by atoms with van der Waals surface area (Å²) >= 11 is 0. The summed E-state index contributed by atoms with van der Waals surface area (Å²) in [5, 5.41) is 3.47. The van der Waals surface area contributed by atoms with E-state index in [1.54, 1.807) is 7.11 Å². The average Bonchev–Trinajstić information content (AvgIpc) is 2.44. The fourth-order valence-corrected chi connectivity index (χ4v) is 1.85. The molecule has 0 radical (unpaired) electrons. The molecule has 0 aromatic heterocycles. The lowest BCUT2D eigenvalue weighted by Crippen LogP contribution is -2.19. The fourth-order valence-electron chi connectivity index (χ4n) is 1.85. The molecule has 3 nitrogen and oxygen atoms in total. The first kappa shape index (κ1) is 16.6. The molecule has 0 bridgehead atoms. The minimum absolute atomic E-state index is 0.315. The van der Waals surface area contributed by atoms with Crippen molar-refractivity contribution < 1.29 is 9.47 Å². The van der Waals surface area contributed by atoms with Crippen LogP contribution in [0.1, 0.15) is 45.7 Å². The van der Waals surface area contributed by atoms with Crippen molar-refractivity contribution >= 4 is 0 Å². The van der Waals surface area contributed by atoms with Gasteiger partial charge in [0.2, 0.25) is 0 Å². The maximum absolute atomic E-state index is 5.73. The van der Waals surface area contributed by atoms with E-state index in [9.17, 15) is 0 Å². The molecule has 1 aromatic carbocycles. The molecule has 1 unspecified atom stereocenters. The zero-order valence-electron chi connectivity index (χ0n) is 13.3. The molecule has 1 rings (SSSR count). The lowest BCUT2D eigenvalue weighted by molar-refractivity contribution is 0.325. The third kappa shape index (κ3) is 5.25. The van der Waals surface area contributed by atoms with Crippen molar-refractivity contribution in [2.45, 2.75) is 40.2 Å². The average molecular weight is 277 g/mol. The van der Waals surface area contributed by atoms with E-state index in [4.69, 9.17) is 9.47 Å². The molecule has 20 heavy (non-hydrogen) atoms. The van der Waals surface area contributed by atoms with Gasteiger partial charge in [-0.25, -0.2) is 0 Å². The summed E-state index contributed by atoms with van der Waals surface area (Å²) < 4.78 is 11.2. The van der Waals surface area contributed by atoms with E-state index in [1.807, 2.05) is 12.1 Å². The summed E-state index contributed by atoms with van der Waals surface area (Å²) in [4.78, 5) is 0. The molecule has 0 spiro atoms. The number of rotatable bonds is 8. The molecule has 0 aliphatic heterocycles. The number of benzene rings is 1. The quantitative estimate of drug-likeness (QED) is 0.726. The second-order valence-corrected chi connectivity index (χ2v) is 5.18. The highest BCUT2D eigenvalue weighted by Gasteiger charge is 2.09. The SMILES string of the molecule is CCCNC(C)c1ccc(OCC=C(C)C)c(OC)c1. The van der Waals surface area contributed by atoms with Crippen molar-refractivity contribution in [3.05, 3.63) is 35.4 Å². The summed E-state index contributed by atoms with van der Waals surface area (Å²) in [5.74, 6) is 1.58. The maximum Gasteiger partial charge on any atom is 0.161 e. The van der Waals surface area contributed by atoms with E-state index < -0.39 is 0 Å². The first-order valence-corrected chi connectivity index (χ1v) is 7.26. The standard InChI is InChI=1S/C17H27NO2/c1-6-10-18-14(4)15-7-8-16(17(12-15)19-5)20-11-9-13(2)3/h7-9,12,14,18H,6,10-11H2,1-5H3. The molecule has 0 heterocycles. The minimum Gasteiger partial charge on any atom is -0.493 e. The number of allylic oxidation sites excluding steroid dienone is 1. The van der Waals surface area contributed by atoms with Crippen molar-refractivity contribution in [1.82, 2.24) is 5.32 Å². The summed E-state index contributed by atoms with van der Waals surface area (Å²) in [6.07, 6.45) is 3.18. The third-order valence-corrected chi connectivity index (χ3v) is 3.12. The molecule has 1 aromatic rings. The Balaban J connectivity index is 2.76. The van der Waals surface area contributed by atoms with Crippen LogP contribution in [0.4, 0.5) is 0 Å². The highest BCUT2D eigenvalue weighted by molar-refractivity contribution is 5.43. The molecule has 0 amide bonds. The topological polar surface area (TPSA) is 30.5 Å². The Kier molecular flexibility index (Phi) is 7.16. The molecule has 112 valence electrons. The Morgan fingerprint density at radius 3 is 2.65 bits per heavy atom. The zero-order chi connectivity index (χ0) is 15.0.